The summed E-state index contributed by atoms with van der Waals surface area (Å²) in [5, 5.41) is 9.38. The molecule has 0 aliphatic rings. The topological polar surface area (TPSA) is 35.1 Å². The van der Waals surface area contributed by atoms with Crippen molar-refractivity contribution in [1.82, 2.24) is 5.48 Å². The Hall–Kier alpha value is -0.0800. The molecule has 5 heavy (non-hydrogen) atoms. The predicted octanol–water partition coefficient (Wildman–Crippen LogP) is 0.482. The third-order valence-electron chi connectivity index (χ3n) is 0.236. The first-order valence-corrected chi connectivity index (χ1v) is 1.65. The molecule has 0 spiro atoms. The van der Waals surface area contributed by atoms with E-state index in [1.807, 2.05) is 0 Å². The van der Waals surface area contributed by atoms with Gasteiger partial charge in [-0.25, -0.2) is 0 Å². The molecule has 0 saturated carbocycles. The maximum atomic E-state index is 9.38. The Morgan fingerprint density at radius 3 is 1.80 bits per heavy atom. The Bertz CT molecular complexity index is 20.9. The smallest absolute Gasteiger partial charge is 0.0109 e. The highest BCUT2D eigenvalue weighted by atomic mass is 16.5. The van der Waals surface area contributed by atoms with Crippen LogP contribution < -0.4 is 5.48 Å². The van der Waals surface area contributed by atoms with Gasteiger partial charge in [0.15, 0.2) is 0 Å². The molecule has 0 rings (SSSR count). The van der Waals surface area contributed by atoms with E-state index in [2.05, 4.69) is 0 Å². The zero-order valence-electron chi connectivity index (χ0n) is 3.49. The van der Waals surface area contributed by atoms with Gasteiger partial charge in [0, 0.05) is 0 Å². The minimum atomic E-state index is 0.0787. The van der Waals surface area contributed by atoms with E-state index in [0.717, 1.165) is 0 Å². The van der Waals surface area contributed by atoms with Crippen LogP contribution in [0.3, 0.4) is 0 Å². The van der Waals surface area contributed by atoms with E-state index in [9.17, 15) is 5.21 Å². The molecular weight excluding hydrogens is 66.0 g/mol. The zero-order valence-corrected chi connectivity index (χ0v) is 3.49. The van der Waals surface area contributed by atoms with Crippen molar-refractivity contribution in [3.8, 4) is 0 Å². The lowest BCUT2D eigenvalue weighted by atomic mass is 10.4. The molecule has 0 fully saturated rings. The summed E-state index contributed by atoms with van der Waals surface area (Å²) in [5.74, 6) is 0. The Kier molecular flexibility index (Phi) is 2.14. The van der Waals surface area contributed by atoms with Crippen LogP contribution in [0.4, 0.5) is 0 Å². The summed E-state index contributed by atoms with van der Waals surface area (Å²) >= 11 is 0. The highest BCUT2D eigenvalue weighted by molar-refractivity contribution is 4.47. The van der Waals surface area contributed by atoms with Gasteiger partial charge in [-0.05, 0) is 6.04 Å². The summed E-state index contributed by atoms with van der Waals surface area (Å²) in [6.45, 7) is 3.60. The number of hydrogen-bond acceptors (Lipinski definition) is 2. The molecule has 2 nitrogen and oxygen atoms in total. The third kappa shape index (κ3) is 3.92. The molecule has 0 amide bonds. The normalized spacial score (nSPS) is 9.60. The molecule has 32 valence electrons. The maximum Gasteiger partial charge on any atom is -0.0109 e. The molecule has 2 heteroatoms. The Morgan fingerprint density at radius 2 is 1.80 bits per heavy atom. The zero-order chi connectivity index (χ0) is 4.28. The lowest BCUT2D eigenvalue weighted by Crippen LogP contribution is -2.13. The molecule has 0 saturated heterocycles. The summed E-state index contributed by atoms with van der Waals surface area (Å²) in [6, 6.07) is 0.0787. The van der Waals surface area contributed by atoms with Crippen LogP contribution in [0.2, 0.25) is 0 Å². The van der Waals surface area contributed by atoms with Crippen molar-refractivity contribution in [3.05, 3.63) is 5.21 Å². The molecule has 0 unspecified atom stereocenters. The van der Waals surface area contributed by atoms with Crippen LogP contribution in [0, 0.1) is 5.21 Å². The Morgan fingerprint density at radius 1 is 1.60 bits per heavy atom. The summed E-state index contributed by atoms with van der Waals surface area (Å²) in [5.41, 5.74) is 1.78. The first-order valence-electron chi connectivity index (χ1n) is 1.65. The van der Waals surface area contributed by atoms with Crippen molar-refractivity contribution in [1.29, 1.82) is 0 Å². The fraction of sp³-hybridized carbons (Fsp3) is 1.00. The molecule has 0 heterocycles. The molecule has 0 radical (unpaired) electrons. The van der Waals surface area contributed by atoms with E-state index >= 15 is 0 Å². The molecule has 1 N–H and O–H groups in total. The second kappa shape index (κ2) is 2.18. The fourth-order valence-corrected chi connectivity index (χ4v) is 0. The SMILES string of the molecule is CC(C)N[O-]. The largest absolute Gasteiger partial charge is 0.788 e. The summed E-state index contributed by atoms with van der Waals surface area (Å²) in [7, 11) is 0. The van der Waals surface area contributed by atoms with Crippen LogP contribution in [0.15, 0.2) is 0 Å². The van der Waals surface area contributed by atoms with Crippen LogP contribution in [0.25, 0.3) is 0 Å². The standard InChI is InChI=1S/C3H8NO/c1-3(2)4-5/h3-4H,1-2H3/q-1. The molecular formula is C3H8NO-. The van der Waals surface area contributed by atoms with Crippen molar-refractivity contribution in [2.75, 3.05) is 0 Å². The maximum absolute atomic E-state index is 9.38. The van der Waals surface area contributed by atoms with Gasteiger partial charge in [-0.15, -0.1) is 0 Å². The molecule has 0 bridgehead atoms. The van der Waals surface area contributed by atoms with Gasteiger partial charge in [-0.2, -0.15) is 0 Å². The quantitative estimate of drug-likeness (QED) is 0.459. The van der Waals surface area contributed by atoms with Gasteiger partial charge >= 0.3 is 0 Å². The molecule has 0 aliphatic carbocycles. The second-order valence-corrected chi connectivity index (χ2v) is 1.27. The number of hydrogen-bond donors (Lipinski definition) is 1. The van der Waals surface area contributed by atoms with Gasteiger partial charge in [0.2, 0.25) is 0 Å². The third-order valence-corrected chi connectivity index (χ3v) is 0.236. The highest BCUT2D eigenvalue weighted by Crippen LogP contribution is 1.67. The monoisotopic (exact) mass is 74.1 g/mol. The molecule has 0 aromatic rings. The lowest BCUT2D eigenvalue weighted by Gasteiger charge is -2.08. The van der Waals surface area contributed by atoms with E-state index < -0.39 is 0 Å². The number of rotatable bonds is 1. The second-order valence-electron chi connectivity index (χ2n) is 1.27. The Balaban J connectivity index is 2.54. The lowest BCUT2D eigenvalue weighted by molar-refractivity contribution is 0.705. The Labute approximate surface area is 31.8 Å². The van der Waals surface area contributed by atoms with E-state index in [-0.39, 0.29) is 6.04 Å². The first kappa shape index (κ1) is 4.92. The van der Waals surface area contributed by atoms with Crippen LogP contribution >= 0.6 is 0 Å². The van der Waals surface area contributed by atoms with Crippen LogP contribution in [-0.4, -0.2) is 6.04 Å². The molecule has 0 atom stereocenters. The van der Waals surface area contributed by atoms with Crippen LogP contribution in [-0.2, 0) is 0 Å². The summed E-state index contributed by atoms with van der Waals surface area (Å²) < 4.78 is 0. The van der Waals surface area contributed by atoms with Crippen LogP contribution in [0.1, 0.15) is 13.8 Å². The minimum absolute atomic E-state index is 0.0787. The predicted molar refractivity (Wildman–Crippen MR) is 21.6 cm³/mol. The van der Waals surface area contributed by atoms with Crippen molar-refractivity contribution in [2.24, 2.45) is 0 Å². The average Bonchev–Trinajstić information content (AvgIpc) is 1.38. The van der Waals surface area contributed by atoms with Crippen molar-refractivity contribution in [3.63, 3.8) is 0 Å². The van der Waals surface area contributed by atoms with Gasteiger partial charge in [0.25, 0.3) is 0 Å². The summed E-state index contributed by atoms with van der Waals surface area (Å²) in [6.07, 6.45) is 0. The highest BCUT2D eigenvalue weighted by Gasteiger charge is 1.71. The van der Waals surface area contributed by atoms with Gasteiger partial charge in [-0.3, -0.25) is 0 Å². The number of hydroxylamine groups is 1. The van der Waals surface area contributed by atoms with Gasteiger partial charge in [0.05, 0.1) is 0 Å². The van der Waals surface area contributed by atoms with Gasteiger partial charge < -0.3 is 10.7 Å². The molecule has 0 aromatic carbocycles. The van der Waals surface area contributed by atoms with E-state index in [1.165, 1.54) is 0 Å². The van der Waals surface area contributed by atoms with E-state index in [4.69, 9.17) is 0 Å². The van der Waals surface area contributed by atoms with E-state index in [0.29, 0.717) is 0 Å². The minimum Gasteiger partial charge on any atom is -0.788 e. The average molecular weight is 74.1 g/mol. The summed E-state index contributed by atoms with van der Waals surface area (Å²) in [4.78, 5) is 0. The molecule has 0 aromatic heterocycles. The number of nitrogens with one attached hydrogen (secondary N) is 1. The first-order chi connectivity index (χ1) is 2.27. The van der Waals surface area contributed by atoms with Crippen molar-refractivity contribution < 1.29 is 0 Å². The molecule has 0 aliphatic heterocycles. The van der Waals surface area contributed by atoms with Gasteiger partial charge in [-0.1, -0.05) is 13.8 Å². The van der Waals surface area contributed by atoms with Crippen LogP contribution in [0.5, 0.6) is 0 Å². The van der Waals surface area contributed by atoms with Crippen molar-refractivity contribution in [2.45, 2.75) is 19.9 Å². The fourth-order valence-electron chi connectivity index (χ4n) is 0. The van der Waals surface area contributed by atoms with E-state index in [1.54, 1.807) is 19.3 Å². The van der Waals surface area contributed by atoms with Crippen molar-refractivity contribution >= 4 is 0 Å². The van der Waals surface area contributed by atoms with Gasteiger partial charge in [0.1, 0.15) is 0 Å².